The Bertz CT molecular complexity index is 906. The van der Waals surface area contributed by atoms with Crippen molar-refractivity contribution in [2.45, 2.75) is 62.5 Å². The van der Waals surface area contributed by atoms with Crippen molar-refractivity contribution in [3.8, 4) is 0 Å². The molecule has 3 fully saturated rings. The highest BCUT2D eigenvalue weighted by Crippen LogP contribution is 2.46. The Labute approximate surface area is 167 Å². The van der Waals surface area contributed by atoms with Crippen LogP contribution in [-0.2, 0) is 16.8 Å². The van der Waals surface area contributed by atoms with Gasteiger partial charge in [-0.1, -0.05) is 0 Å². The summed E-state index contributed by atoms with van der Waals surface area (Å²) in [6.07, 6.45) is 7.21. The lowest BCUT2D eigenvalue weighted by Crippen LogP contribution is -2.46. The van der Waals surface area contributed by atoms with Crippen LogP contribution in [-0.4, -0.2) is 41.8 Å². The maximum absolute atomic E-state index is 12.5. The van der Waals surface area contributed by atoms with Gasteiger partial charge < -0.3 is 19.5 Å². The Hall–Kier alpha value is -1.93. The number of nitrogens with zero attached hydrogens (tertiary/aromatic N) is 3. The zero-order chi connectivity index (χ0) is 18.7. The molecule has 2 saturated carbocycles. The summed E-state index contributed by atoms with van der Waals surface area (Å²) < 4.78 is 11.8. The number of anilines is 1. The van der Waals surface area contributed by atoms with Gasteiger partial charge in [-0.2, -0.15) is 4.98 Å². The van der Waals surface area contributed by atoms with Crippen LogP contribution < -0.4 is 10.2 Å². The second kappa shape index (κ2) is 6.29. The lowest BCUT2D eigenvalue weighted by atomic mass is 9.85. The normalized spacial score (nSPS) is 23.6. The second-order valence-electron chi connectivity index (χ2n) is 8.50. The fourth-order valence-electron chi connectivity index (χ4n) is 4.31. The van der Waals surface area contributed by atoms with Gasteiger partial charge in [-0.15, -0.1) is 11.3 Å². The van der Waals surface area contributed by atoms with Gasteiger partial charge in [-0.25, -0.2) is 0 Å². The number of hydrogen-bond donors (Lipinski definition) is 1. The highest BCUT2D eigenvalue weighted by atomic mass is 32.1. The van der Waals surface area contributed by atoms with Gasteiger partial charge >= 0.3 is 0 Å². The van der Waals surface area contributed by atoms with Crippen molar-refractivity contribution in [1.82, 2.24) is 15.5 Å². The number of ether oxygens (including phenoxy) is 1. The second-order valence-corrected chi connectivity index (χ2v) is 9.55. The first-order chi connectivity index (χ1) is 13.7. The summed E-state index contributed by atoms with van der Waals surface area (Å²) in [4.78, 5) is 21.4. The molecule has 0 bridgehead atoms. The molecule has 4 aliphatic rings. The Morgan fingerprint density at radius 2 is 2.07 bits per heavy atom. The van der Waals surface area contributed by atoms with Crippen LogP contribution in [0.4, 0.5) is 5.95 Å². The van der Waals surface area contributed by atoms with Gasteiger partial charge in [0, 0.05) is 29.9 Å². The topological polar surface area (TPSA) is 80.5 Å². The standard InChI is InChI=1S/C20H24N4O3S/c25-17(21-14-3-4-14)15-11-13-5-10-26-20(16(13)28-15)6-8-24(9-7-20)19-22-18(27-23-19)12-1-2-12/h11-12,14H,1-10H2,(H,21,25). The summed E-state index contributed by atoms with van der Waals surface area (Å²) in [6, 6.07) is 2.48. The quantitative estimate of drug-likeness (QED) is 0.850. The third-order valence-electron chi connectivity index (χ3n) is 6.32. The zero-order valence-corrected chi connectivity index (χ0v) is 16.6. The summed E-state index contributed by atoms with van der Waals surface area (Å²) >= 11 is 1.63. The number of hydrogen-bond acceptors (Lipinski definition) is 7. The van der Waals surface area contributed by atoms with E-state index in [9.17, 15) is 4.79 Å². The minimum atomic E-state index is -0.268. The SMILES string of the molecule is O=C(NC1CC1)c1cc2c(s1)C1(CCN(c3noc(C4CC4)n3)CC1)OCC2. The van der Waals surface area contributed by atoms with Crippen LogP contribution in [0.1, 0.15) is 70.4 Å². The van der Waals surface area contributed by atoms with Crippen molar-refractivity contribution < 1.29 is 14.1 Å². The van der Waals surface area contributed by atoms with Crippen molar-refractivity contribution in [3.63, 3.8) is 0 Å². The summed E-state index contributed by atoms with van der Waals surface area (Å²) in [6.45, 7) is 2.40. The molecule has 0 atom stereocenters. The zero-order valence-electron chi connectivity index (χ0n) is 15.8. The number of carbonyl (C=O) groups excluding carboxylic acids is 1. The number of thiophene rings is 1. The Morgan fingerprint density at radius 3 is 2.82 bits per heavy atom. The molecule has 1 spiro atoms. The fourth-order valence-corrected chi connectivity index (χ4v) is 5.62. The van der Waals surface area contributed by atoms with Crippen LogP contribution in [0.25, 0.3) is 0 Å². The number of aromatic nitrogens is 2. The molecule has 4 heterocycles. The lowest BCUT2D eigenvalue weighted by Gasteiger charge is -2.43. The summed E-state index contributed by atoms with van der Waals surface area (Å²) in [5.41, 5.74) is 1.02. The largest absolute Gasteiger partial charge is 0.369 e. The van der Waals surface area contributed by atoms with E-state index in [0.29, 0.717) is 17.9 Å². The van der Waals surface area contributed by atoms with Gasteiger partial charge in [-0.05, 0) is 61.7 Å². The summed E-state index contributed by atoms with van der Waals surface area (Å²) in [7, 11) is 0. The molecule has 2 aromatic heterocycles. The monoisotopic (exact) mass is 400 g/mol. The Kier molecular flexibility index (Phi) is 3.81. The first-order valence-electron chi connectivity index (χ1n) is 10.4. The molecule has 6 rings (SSSR count). The van der Waals surface area contributed by atoms with Gasteiger partial charge in [-0.3, -0.25) is 4.79 Å². The van der Waals surface area contributed by atoms with Crippen LogP contribution in [0.5, 0.6) is 0 Å². The molecule has 1 amide bonds. The molecule has 0 radical (unpaired) electrons. The molecule has 2 aromatic rings. The lowest BCUT2D eigenvalue weighted by molar-refractivity contribution is -0.0736. The van der Waals surface area contributed by atoms with Gasteiger partial charge in [0.1, 0.15) is 5.60 Å². The number of fused-ring (bicyclic) bond motifs is 2. The van der Waals surface area contributed by atoms with Crippen molar-refractivity contribution >= 4 is 23.2 Å². The molecule has 7 nitrogen and oxygen atoms in total. The van der Waals surface area contributed by atoms with E-state index in [1.54, 1.807) is 11.3 Å². The summed E-state index contributed by atoms with van der Waals surface area (Å²) in [5.74, 6) is 2.06. The van der Waals surface area contributed by atoms with E-state index < -0.39 is 0 Å². The van der Waals surface area contributed by atoms with Gasteiger partial charge in [0.05, 0.1) is 11.5 Å². The molecule has 8 heteroatoms. The van der Waals surface area contributed by atoms with Crippen molar-refractivity contribution in [3.05, 3.63) is 27.3 Å². The van der Waals surface area contributed by atoms with E-state index >= 15 is 0 Å². The number of carbonyl (C=O) groups is 1. The van der Waals surface area contributed by atoms with E-state index in [-0.39, 0.29) is 11.5 Å². The highest BCUT2D eigenvalue weighted by molar-refractivity contribution is 7.14. The van der Waals surface area contributed by atoms with Crippen LogP contribution in [0, 0.1) is 0 Å². The predicted octanol–water partition coefficient (Wildman–Crippen LogP) is 2.97. The minimum absolute atomic E-state index is 0.0777. The van der Waals surface area contributed by atoms with Crippen LogP contribution in [0.2, 0.25) is 0 Å². The van der Waals surface area contributed by atoms with Gasteiger partial charge in [0.15, 0.2) is 0 Å². The van der Waals surface area contributed by atoms with E-state index in [0.717, 1.165) is 75.4 Å². The maximum Gasteiger partial charge on any atom is 0.266 e. The number of rotatable bonds is 4. The molecule has 1 N–H and O–H groups in total. The molecule has 0 unspecified atom stereocenters. The fraction of sp³-hybridized carbons (Fsp3) is 0.650. The van der Waals surface area contributed by atoms with E-state index in [2.05, 4.69) is 26.4 Å². The minimum Gasteiger partial charge on any atom is -0.369 e. The van der Waals surface area contributed by atoms with E-state index in [1.165, 1.54) is 10.4 Å². The Balaban J connectivity index is 1.20. The molecule has 2 aliphatic heterocycles. The summed E-state index contributed by atoms with van der Waals surface area (Å²) in [5, 5.41) is 7.30. The van der Waals surface area contributed by atoms with Gasteiger partial charge in [0.25, 0.3) is 11.9 Å². The molecular formula is C20H24N4O3S. The first kappa shape index (κ1) is 17.0. The van der Waals surface area contributed by atoms with Crippen molar-refractivity contribution in [2.75, 3.05) is 24.6 Å². The molecular weight excluding hydrogens is 376 g/mol. The smallest absolute Gasteiger partial charge is 0.266 e. The average Bonchev–Trinajstić information content (AvgIpc) is 3.63. The average molecular weight is 401 g/mol. The number of nitrogens with one attached hydrogen (secondary N) is 1. The highest BCUT2D eigenvalue weighted by Gasteiger charge is 2.44. The van der Waals surface area contributed by atoms with Crippen molar-refractivity contribution in [2.24, 2.45) is 0 Å². The van der Waals surface area contributed by atoms with Crippen LogP contribution in [0.3, 0.4) is 0 Å². The molecule has 148 valence electrons. The third kappa shape index (κ3) is 2.93. The van der Waals surface area contributed by atoms with Crippen molar-refractivity contribution in [1.29, 1.82) is 0 Å². The molecule has 0 aromatic carbocycles. The van der Waals surface area contributed by atoms with E-state index in [4.69, 9.17) is 9.26 Å². The maximum atomic E-state index is 12.5. The predicted molar refractivity (Wildman–Crippen MR) is 104 cm³/mol. The molecule has 2 aliphatic carbocycles. The van der Waals surface area contributed by atoms with Gasteiger partial charge in [0.2, 0.25) is 5.89 Å². The third-order valence-corrected chi connectivity index (χ3v) is 7.68. The molecule has 28 heavy (non-hydrogen) atoms. The first-order valence-corrected chi connectivity index (χ1v) is 11.2. The van der Waals surface area contributed by atoms with Crippen LogP contribution >= 0.6 is 11.3 Å². The van der Waals surface area contributed by atoms with E-state index in [1.807, 2.05) is 0 Å². The number of amides is 1. The molecule has 1 saturated heterocycles. The Morgan fingerprint density at radius 1 is 1.25 bits per heavy atom. The number of piperidine rings is 1. The van der Waals surface area contributed by atoms with Crippen LogP contribution in [0.15, 0.2) is 10.6 Å².